The number of nitrogens with zero attached hydrogens (tertiary/aromatic N) is 2. The summed E-state index contributed by atoms with van der Waals surface area (Å²) in [6.45, 7) is 0. The van der Waals surface area contributed by atoms with E-state index < -0.39 is 5.25 Å². The summed E-state index contributed by atoms with van der Waals surface area (Å²) in [5, 5.41) is 4.37. The quantitative estimate of drug-likeness (QED) is 0.227. The number of thiophene rings is 1. The Hall–Kier alpha value is -2.96. The highest BCUT2D eigenvalue weighted by Crippen LogP contribution is 2.41. The largest absolute Gasteiger partial charge is 0.360 e. The summed E-state index contributed by atoms with van der Waals surface area (Å²) in [7, 11) is 0. The van der Waals surface area contributed by atoms with Crippen molar-refractivity contribution in [1.29, 1.82) is 0 Å². The standard InChI is InChI=1S/C22H15N3OS2/c26-19(17-12-23-18-9-5-4-8-15(17)18)20(14-6-2-1-3-7-14)28-22-16-10-11-27-21(16)24-13-25-22/h1-13,20,23H/t20-/m1/s1. The van der Waals surface area contributed by atoms with Gasteiger partial charge in [0.1, 0.15) is 16.2 Å². The number of H-pyrrole nitrogens is 1. The maximum Gasteiger partial charge on any atom is 0.182 e. The van der Waals surface area contributed by atoms with Crippen molar-refractivity contribution in [2.24, 2.45) is 0 Å². The second kappa shape index (κ2) is 7.22. The Morgan fingerprint density at radius 3 is 2.68 bits per heavy atom. The molecule has 0 amide bonds. The molecular weight excluding hydrogens is 386 g/mol. The number of hydrogen-bond donors (Lipinski definition) is 1. The van der Waals surface area contributed by atoms with Gasteiger partial charge in [0.2, 0.25) is 0 Å². The molecule has 0 aliphatic carbocycles. The lowest BCUT2D eigenvalue weighted by molar-refractivity contribution is 0.0991. The summed E-state index contributed by atoms with van der Waals surface area (Å²) in [4.78, 5) is 26.6. The number of nitrogens with one attached hydrogen (secondary N) is 1. The number of fused-ring (bicyclic) bond motifs is 2. The molecule has 0 aliphatic heterocycles. The van der Waals surface area contributed by atoms with E-state index in [1.165, 1.54) is 11.8 Å². The lowest BCUT2D eigenvalue weighted by Gasteiger charge is -2.15. The molecule has 2 aromatic carbocycles. The van der Waals surface area contributed by atoms with Gasteiger partial charge in [0.05, 0.1) is 5.25 Å². The molecule has 136 valence electrons. The predicted molar refractivity (Wildman–Crippen MR) is 115 cm³/mol. The lowest BCUT2D eigenvalue weighted by Crippen LogP contribution is -2.10. The van der Waals surface area contributed by atoms with Crippen LogP contribution in [0.5, 0.6) is 0 Å². The van der Waals surface area contributed by atoms with Crippen molar-refractivity contribution in [1.82, 2.24) is 15.0 Å². The van der Waals surface area contributed by atoms with E-state index in [0.29, 0.717) is 5.56 Å². The van der Waals surface area contributed by atoms with Gasteiger partial charge in [-0.15, -0.1) is 11.3 Å². The van der Waals surface area contributed by atoms with Gasteiger partial charge in [0, 0.05) is 28.0 Å². The van der Waals surface area contributed by atoms with Crippen molar-refractivity contribution in [3.05, 3.63) is 89.7 Å². The summed E-state index contributed by atoms with van der Waals surface area (Å²) in [6.07, 6.45) is 3.38. The molecule has 1 N–H and O–H groups in total. The minimum Gasteiger partial charge on any atom is -0.360 e. The molecular formula is C22H15N3OS2. The second-order valence-electron chi connectivity index (χ2n) is 6.34. The Kier molecular flexibility index (Phi) is 4.43. The van der Waals surface area contributed by atoms with E-state index in [1.807, 2.05) is 72.2 Å². The van der Waals surface area contributed by atoms with E-state index in [2.05, 4.69) is 15.0 Å². The number of carbonyl (C=O) groups is 1. The van der Waals surface area contributed by atoms with Crippen LogP contribution in [0.1, 0.15) is 21.2 Å². The summed E-state index contributed by atoms with van der Waals surface area (Å²) in [5.74, 6) is 0.0654. The van der Waals surface area contributed by atoms with Crippen molar-refractivity contribution in [3.8, 4) is 0 Å². The van der Waals surface area contributed by atoms with Crippen molar-refractivity contribution in [2.75, 3.05) is 0 Å². The first-order valence-electron chi connectivity index (χ1n) is 8.81. The average Bonchev–Trinajstić information content (AvgIpc) is 3.39. The fourth-order valence-electron chi connectivity index (χ4n) is 3.29. The Morgan fingerprint density at radius 1 is 0.964 bits per heavy atom. The number of benzene rings is 2. The van der Waals surface area contributed by atoms with E-state index >= 15 is 0 Å². The minimum absolute atomic E-state index is 0.0654. The fraction of sp³-hybridized carbons (Fsp3) is 0.0455. The van der Waals surface area contributed by atoms with Gasteiger partial charge in [-0.3, -0.25) is 4.79 Å². The summed E-state index contributed by atoms with van der Waals surface area (Å²) >= 11 is 3.06. The topological polar surface area (TPSA) is 58.6 Å². The second-order valence-corrected chi connectivity index (χ2v) is 8.33. The molecule has 0 saturated heterocycles. The van der Waals surface area contributed by atoms with Gasteiger partial charge in [-0.2, -0.15) is 0 Å². The summed E-state index contributed by atoms with van der Waals surface area (Å²) in [5.41, 5.74) is 2.63. The molecule has 5 rings (SSSR count). The zero-order valence-electron chi connectivity index (χ0n) is 14.7. The lowest BCUT2D eigenvalue weighted by atomic mass is 10.0. The number of carbonyl (C=O) groups excluding carboxylic acids is 1. The smallest absolute Gasteiger partial charge is 0.182 e. The monoisotopic (exact) mass is 401 g/mol. The van der Waals surface area contributed by atoms with Crippen LogP contribution in [0.2, 0.25) is 0 Å². The molecule has 0 fully saturated rings. The van der Waals surface area contributed by atoms with Crippen LogP contribution in [0.15, 0.2) is 83.6 Å². The summed E-state index contributed by atoms with van der Waals surface area (Å²) in [6, 6.07) is 19.8. The van der Waals surface area contributed by atoms with Gasteiger partial charge in [0.15, 0.2) is 5.78 Å². The van der Waals surface area contributed by atoms with E-state index in [1.54, 1.807) is 17.7 Å². The van der Waals surface area contributed by atoms with Crippen LogP contribution in [0.4, 0.5) is 0 Å². The number of aromatic nitrogens is 3. The number of rotatable bonds is 5. The minimum atomic E-state index is -0.390. The van der Waals surface area contributed by atoms with Crippen LogP contribution in [0.3, 0.4) is 0 Å². The maximum absolute atomic E-state index is 13.6. The Labute approximate surface area is 169 Å². The van der Waals surface area contributed by atoms with Crippen molar-refractivity contribution >= 4 is 50.0 Å². The normalized spacial score (nSPS) is 12.4. The highest BCUT2D eigenvalue weighted by atomic mass is 32.2. The average molecular weight is 402 g/mol. The fourth-order valence-corrected chi connectivity index (χ4v) is 5.24. The van der Waals surface area contributed by atoms with Crippen LogP contribution in [-0.4, -0.2) is 20.7 Å². The van der Waals surface area contributed by atoms with Gasteiger partial charge in [-0.1, -0.05) is 60.3 Å². The Balaban J connectivity index is 1.61. The molecule has 1 atom stereocenters. The molecule has 6 heteroatoms. The summed E-state index contributed by atoms with van der Waals surface area (Å²) < 4.78 is 0. The molecule has 0 radical (unpaired) electrons. The molecule has 3 aromatic heterocycles. The zero-order valence-corrected chi connectivity index (χ0v) is 16.3. The van der Waals surface area contributed by atoms with Crippen LogP contribution < -0.4 is 0 Å². The maximum atomic E-state index is 13.6. The zero-order chi connectivity index (χ0) is 18.9. The van der Waals surface area contributed by atoms with Crippen LogP contribution >= 0.6 is 23.1 Å². The van der Waals surface area contributed by atoms with E-state index in [0.717, 1.165) is 31.7 Å². The molecule has 0 saturated carbocycles. The first kappa shape index (κ1) is 17.2. The molecule has 0 aliphatic rings. The van der Waals surface area contributed by atoms with E-state index in [9.17, 15) is 4.79 Å². The molecule has 28 heavy (non-hydrogen) atoms. The first-order chi connectivity index (χ1) is 13.8. The Bertz CT molecular complexity index is 1280. The first-order valence-corrected chi connectivity index (χ1v) is 10.6. The van der Waals surface area contributed by atoms with Crippen molar-refractivity contribution in [3.63, 3.8) is 0 Å². The number of aromatic amines is 1. The van der Waals surface area contributed by atoms with Crippen molar-refractivity contribution < 1.29 is 4.79 Å². The van der Waals surface area contributed by atoms with Gasteiger partial charge < -0.3 is 4.98 Å². The molecule has 0 spiro atoms. The van der Waals surface area contributed by atoms with Gasteiger partial charge in [-0.25, -0.2) is 9.97 Å². The highest BCUT2D eigenvalue weighted by molar-refractivity contribution is 8.00. The van der Waals surface area contributed by atoms with Crippen molar-refractivity contribution in [2.45, 2.75) is 10.3 Å². The molecule has 4 nitrogen and oxygen atoms in total. The number of ketones is 1. The molecule has 0 bridgehead atoms. The van der Waals surface area contributed by atoms with Gasteiger partial charge >= 0.3 is 0 Å². The highest BCUT2D eigenvalue weighted by Gasteiger charge is 2.26. The van der Waals surface area contributed by atoms with Gasteiger partial charge in [-0.05, 0) is 23.1 Å². The van der Waals surface area contributed by atoms with Crippen LogP contribution in [0, 0.1) is 0 Å². The Morgan fingerprint density at radius 2 is 1.79 bits per heavy atom. The van der Waals surface area contributed by atoms with E-state index in [4.69, 9.17) is 0 Å². The van der Waals surface area contributed by atoms with E-state index in [-0.39, 0.29) is 5.78 Å². The van der Waals surface area contributed by atoms with Crippen LogP contribution in [-0.2, 0) is 0 Å². The number of para-hydroxylation sites is 1. The number of Topliss-reactive ketones (excluding diaryl/α,β-unsaturated/α-hetero) is 1. The third-order valence-corrected chi connectivity index (χ3v) is 6.74. The number of thioether (sulfide) groups is 1. The number of hydrogen-bond acceptors (Lipinski definition) is 5. The third kappa shape index (κ3) is 3.00. The SMILES string of the molecule is O=C(c1c[nH]c2ccccc12)[C@H](Sc1ncnc2sccc12)c1ccccc1. The van der Waals surface area contributed by atoms with Gasteiger partial charge in [0.25, 0.3) is 0 Å². The molecule has 0 unspecified atom stereocenters. The predicted octanol–water partition coefficient (Wildman–Crippen LogP) is 5.89. The molecule has 3 heterocycles. The molecule has 5 aromatic rings. The van der Waals surface area contributed by atoms with Crippen LogP contribution in [0.25, 0.3) is 21.1 Å². The third-order valence-electron chi connectivity index (χ3n) is 4.65.